The number of hydrogen-bond donors (Lipinski definition) is 2. The first kappa shape index (κ1) is 22.8. The van der Waals surface area contributed by atoms with Gasteiger partial charge in [-0.2, -0.15) is 0 Å². The molecule has 2 N–H and O–H groups in total. The lowest BCUT2D eigenvalue weighted by atomic mass is 9.85. The lowest BCUT2D eigenvalue weighted by Gasteiger charge is -2.24. The molecule has 176 valence electrons. The van der Waals surface area contributed by atoms with Crippen molar-refractivity contribution in [3.05, 3.63) is 12.2 Å². The fraction of sp³-hybridized carbons (Fsp3) is 0.739. The molecule has 0 radical (unpaired) electrons. The third-order valence-electron chi connectivity index (χ3n) is 7.47. The van der Waals surface area contributed by atoms with Gasteiger partial charge in [0, 0.05) is 39.8 Å². The highest BCUT2D eigenvalue weighted by atomic mass is 16.2. The number of aliphatic imine (C=N–C) groups is 1. The molecule has 2 aliphatic heterocycles. The Morgan fingerprint density at radius 3 is 2.47 bits per heavy atom. The van der Waals surface area contributed by atoms with E-state index in [1.807, 2.05) is 0 Å². The van der Waals surface area contributed by atoms with Crippen LogP contribution < -0.4 is 10.6 Å². The van der Waals surface area contributed by atoms with E-state index in [0.29, 0.717) is 25.1 Å². The fourth-order valence-corrected chi connectivity index (χ4v) is 5.69. The van der Waals surface area contributed by atoms with E-state index >= 15 is 0 Å². The summed E-state index contributed by atoms with van der Waals surface area (Å²) in [5.74, 6) is 0.529. The van der Waals surface area contributed by atoms with Crippen LogP contribution in [0.3, 0.4) is 0 Å². The van der Waals surface area contributed by atoms with Crippen molar-refractivity contribution in [1.82, 2.24) is 25.3 Å². The number of nitrogens with zero attached hydrogens (tertiary/aromatic N) is 4. The van der Waals surface area contributed by atoms with E-state index in [4.69, 9.17) is 0 Å². The van der Waals surface area contributed by atoms with E-state index in [2.05, 4.69) is 39.6 Å². The smallest absolute Gasteiger partial charge is 0.243 e. The zero-order chi connectivity index (χ0) is 22.8. The summed E-state index contributed by atoms with van der Waals surface area (Å²) in [5, 5.41) is 6.59. The molecule has 3 amide bonds. The van der Waals surface area contributed by atoms with Gasteiger partial charge in [0.15, 0.2) is 5.96 Å². The van der Waals surface area contributed by atoms with Gasteiger partial charge in [-0.05, 0) is 44.2 Å². The van der Waals surface area contributed by atoms with Crippen LogP contribution in [0, 0.1) is 23.7 Å². The summed E-state index contributed by atoms with van der Waals surface area (Å²) in [7, 11) is 3.42. The van der Waals surface area contributed by atoms with Gasteiger partial charge in [0.2, 0.25) is 17.7 Å². The van der Waals surface area contributed by atoms with Crippen LogP contribution >= 0.6 is 0 Å². The van der Waals surface area contributed by atoms with Crippen molar-refractivity contribution < 1.29 is 14.4 Å². The van der Waals surface area contributed by atoms with Crippen molar-refractivity contribution in [2.24, 2.45) is 28.7 Å². The van der Waals surface area contributed by atoms with Gasteiger partial charge in [0.1, 0.15) is 6.54 Å². The maximum Gasteiger partial charge on any atom is 0.243 e. The largest absolute Gasteiger partial charge is 0.355 e. The predicted molar refractivity (Wildman–Crippen MR) is 122 cm³/mol. The number of likely N-dealkylation sites (tertiary alicyclic amines) is 2. The summed E-state index contributed by atoms with van der Waals surface area (Å²) >= 11 is 0. The van der Waals surface area contributed by atoms with Crippen molar-refractivity contribution in [1.29, 1.82) is 0 Å². The maximum atomic E-state index is 12.9. The number of hydrogen-bond acceptors (Lipinski definition) is 5. The first-order valence-corrected chi connectivity index (χ1v) is 11.9. The van der Waals surface area contributed by atoms with E-state index in [0.717, 1.165) is 32.5 Å². The van der Waals surface area contributed by atoms with Crippen LogP contribution in [-0.2, 0) is 14.4 Å². The average Bonchev–Trinajstić information content (AvgIpc) is 3.55. The predicted octanol–water partition coefficient (Wildman–Crippen LogP) is -0.0988. The zero-order valence-corrected chi connectivity index (χ0v) is 19.4. The third-order valence-corrected chi connectivity index (χ3v) is 7.47. The number of amides is 3. The molecular weight excluding hydrogens is 408 g/mol. The molecule has 9 heteroatoms. The van der Waals surface area contributed by atoms with Crippen LogP contribution in [-0.4, -0.2) is 97.8 Å². The minimum absolute atomic E-state index is 0.0302. The minimum atomic E-state index is -0.163. The molecule has 5 atom stereocenters. The van der Waals surface area contributed by atoms with Crippen LogP contribution in [0.1, 0.15) is 26.2 Å². The van der Waals surface area contributed by atoms with Crippen LogP contribution in [0.25, 0.3) is 0 Å². The Bertz CT molecular complexity index is 780. The SMILES string of the molecule is CCN1CCCC1CNC(=NCC(=O)N(C)C)NCCN1C(=O)C2C3C=CC(C3)C2C1=O. The number of guanidine groups is 1. The van der Waals surface area contributed by atoms with Crippen molar-refractivity contribution >= 4 is 23.7 Å². The Hall–Kier alpha value is -2.42. The summed E-state index contributed by atoms with van der Waals surface area (Å²) in [4.78, 5) is 47.5. The van der Waals surface area contributed by atoms with E-state index in [-0.39, 0.29) is 47.9 Å². The molecule has 0 spiro atoms. The number of nitrogens with one attached hydrogen (secondary N) is 2. The molecule has 2 bridgehead atoms. The molecule has 4 aliphatic rings. The van der Waals surface area contributed by atoms with Gasteiger partial charge in [-0.1, -0.05) is 19.1 Å². The fourth-order valence-electron chi connectivity index (χ4n) is 5.69. The Balaban J connectivity index is 1.32. The maximum absolute atomic E-state index is 12.9. The summed E-state index contributed by atoms with van der Waals surface area (Å²) in [6.07, 6.45) is 7.49. The molecule has 0 aromatic heterocycles. The summed E-state index contributed by atoms with van der Waals surface area (Å²) in [6.45, 7) is 5.81. The second-order valence-electron chi connectivity index (χ2n) is 9.51. The molecule has 32 heavy (non-hydrogen) atoms. The van der Waals surface area contributed by atoms with Crippen molar-refractivity contribution in [2.75, 3.05) is 53.4 Å². The number of carbonyl (C=O) groups excluding carboxylic acids is 3. The van der Waals surface area contributed by atoms with E-state index < -0.39 is 0 Å². The number of imide groups is 1. The van der Waals surface area contributed by atoms with Crippen LogP contribution in [0.2, 0.25) is 0 Å². The molecule has 0 aromatic rings. The van der Waals surface area contributed by atoms with Gasteiger partial charge in [0.25, 0.3) is 0 Å². The molecule has 0 aromatic carbocycles. The Morgan fingerprint density at radius 2 is 1.84 bits per heavy atom. The van der Waals surface area contributed by atoms with Gasteiger partial charge < -0.3 is 15.5 Å². The van der Waals surface area contributed by atoms with Gasteiger partial charge in [-0.15, -0.1) is 0 Å². The summed E-state index contributed by atoms with van der Waals surface area (Å²) < 4.78 is 0. The number of carbonyl (C=O) groups is 3. The quantitative estimate of drug-likeness (QED) is 0.235. The molecule has 2 aliphatic carbocycles. The molecule has 2 heterocycles. The lowest BCUT2D eigenvalue weighted by Crippen LogP contribution is -2.47. The standard InChI is InChI=1S/C23H36N6O3/c1-4-28-10-5-6-17(28)13-25-23(26-14-18(30)27(2)3)24-9-11-29-21(31)19-15-7-8-16(12-15)20(19)22(29)32/h7-8,15-17,19-20H,4-6,9-14H2,1-3H3,(H2,24,25,26). The Labute approximate surface area is 190 Å². The molecule has 4 rings (SSSR count). The lowest BCUT2D eigenvalue weighted by molar-refractivity contribution is -0.140. The van der Waals surface area contributed by atoms with Crippen molar-refractivity contribution in [3.8, 4) is 0 Å². The average molecular weight is 445 g/mol. The topological polar surface area (TPSA) is 97.3 Å². The highest BCUT2D eigenvalue weighted by Crippen LogP contribution is 2.52. The summed E-state index contributed by atoms with van der Waals surface area (Å²) in [6, 6.07) is 0.445. The van der Waals surface area contributed by atoms with E-state index in [1.165, 1.54) is 16.2 Å². The number of rotatable bonds is 8. The molecular formula is C23H36N6O3. The van der Waals surface area contributed by atoms with Gasteiger partial charge in [-0.3, -0.25) is 24.2 Å². The van der Waals surface area contributed by atoms with Gasteiger partial charge in [-0.25, -0.2) is 4.99 Å². The Kier molecular flexibility index (Phi) is 6.83. The second kappa shape index (κ2) is 9.60. The molecule has 3 fully saturated rings. The van der Waals surface area contributed by atoms with Gasteiger partial charge in [0.05, 0.1) is 11.8 Å². The summed E-state index contributed by atoms with van der Waals surface area (Å²) in [5.41, 5.74) is 0. The van der Waals surface area contributed by atoms with Gasteiger partial charge >= 0.3 is 0 Å². The zero-order valence-electron chi connectivity index (χ0n) is 19.4. The Morgan fingerprint density at radius 1 is 1.16 bits per heavy atom. The van der Waals surface area contributed by atoms with Crippen LogP contribution in [0.15, 0.2) is 17.1 Å². The van der Waals surface area contributed by atoms with Crippen molar-refractivity contribution in [3.63, 3.8) is 0 Å². The van der Waals surface area contributed by atoms with E-state index in [1.54, 1.807) is 14.1 Å². The monoisotopic (exact) mass is 444 g/mol. The van der Waals surface area contributed by atoms with E-state index in [9.17, 15) is 14.4 Å². The molecule has 1 saturated carbocycles. The molecule has 5 unspecified atom stereocenters. The highest BCUT2D eigenvalue weighted by molar-refractivity contribution is 6.06. The number of likely N-dealkylation sites (N-methyl/N-ethyl adjacent to an activating group) is 2. The molecule has 9 nitrogen and oxygen atoms in total. The second-order valence-corrected chi connectivity index (χ2v) is 9.51. The first-order valence-electron chi connectivity index (χ1n) is 11.9. The first-order chi connectivity index (χ1) is 15.4. The normalized spacial score (nSPS) is 31.5. The van der Waals surface area contributed by atoms with Crippen molar-refractivity contribution in [2.45, 2.75) is 32.2 Å². The highest BCUT2D eigenvalue weighted by Gasteiger charge is 2.58. The van der Waals surface area contributed by atoms with Crippen LogP contribution in [0.4, 0.5) is 0 Å². The minimum Gasteiger partial charge on any atom is -0.355 e. The third kappa shape index (κ3) is 4.40. The number of allylic oxidation sites excluding steroid dienone is 2. The van der Waals surface area contributed by atoms with Crippen LogP contribution in [0.5, 0.6) is 0 Å². The molecule has 2 saturated heterocycles. The number of fused-ring (bicyclic) bond motifs is 5.